The van der Waals surface area contributed by atoms with Crippen LogP contribution in [0.3, 0.4) is 0 Å². The first-order chi connectivity index (χ1) is 9.22. The minimum Gasteiger partial charge on any atom is -0.491 e. The molecular weight excluding hydrogens is 248 g/mol. The normalized spacial score (nSPS) is 25.8. The molecule has 0 aliphatic carbocycles. The van der Waals surface area contributed by atoms with Gasteiger partial charge in [0.1, 0.15) is 12.4 Å². The molecule has 5 nitrogen and oxygen atoms in total. The lowest BCUT2D eigenvalue weighted by Gasteiger charge is -2.21. The average molecular weight is 264 g/mol. The third-order valence-electron chi connectivity index (χ3n) is 3.39. The SMILES string of the molecule is O=C1OC(O)Cc2cc(OCC3CCCO3)ccc21. The molecule has 1 aromatic carbocycles. The lowest BCUT2D eigenvalue weighted by atomic mass is 10.0. The Balaban J connectivity index is 1.70. The van der Waals surface area contributed by atoms with Crippen LogP contribution in [-0.2, 0) is 15.9 Å². The predicted octanol–water partition coefficient (Wildman–Crippen LogP) is 1.28. The highest BCUT2D eigenvalue weighted by Gasteiger charge is 2.25. The molecule has 0 amide bonds. The number of cyclic esters (lactones) is 1. The number of fused-ring (bicyclic) bond motifs is 1. The Morgan fingerprint density at radius 1 is 1.42 bits per heavy atom. The van der Waals surface area contributed by atoms with E-state index in [0.29, 0.717) is 24.3 Å². The van der Waals surface area contributed by atoms with Crippen molar-refractivity contribution in [3.05, 3.63) is 29.3 Å². The number of esters is 1. The zero-order valence-electron chi connectivity index (χ0n) is 10.5. The van der Waals surface area contributed by atoms with E-state index in [-0.39, 0.29) is 6.10 Å². The number of rotatable bonds is 3. The first-order valence-corrected chi connectivity index (χ1v) is 6.49. The highest BCUT2D eigenvalue weighted by atomic mass is 16.6. The van der Waals surface area contributed by atoms with Crippen molar-refractivity contribution in [3.63, 3.8) is 0 Å². The van der Waals surface area contributed by atoms with Gasteiger partial charge in [-0.05, 0) is 36.6 Å². The van der Waals surface area contributed by atoms with Crippen LogP contribution in [0, 0.1) is 0 Å². The summed E-state index contributed by atoms with van der Waals surface area (Å²) >= 11 is 0. The quantitative estimate of drug-likeness (QED) is 0.833. The van der Waals surface area contributed by atoms with Crippen molar-refractivity contribution in [1.82, 2.24) is 0 Å². The Morgan fingerprint density at radius 2 is 2.32 bits per heavy atom. The van der Waals surface area contributed by atoms with Crippen LogP contribution in [0.4, 0.5) is 0 Å². The van der Waals surface area contributed by atoms with E-state index in [9.17, 15) is 9.90 Å². The largest absolute Gasteiger partial charge is 0.491 e. The number of carbonyl (C=O) groups excluding carboxylic acids is 1. The van der Waals surface area contributed by atoms with Crippen molar-refractivity contribution in [2.45, 2.75) is 31.7 Å². The maximum absolute atomic E-state index is 11.5. The lowest BCUT2D eigenvalue weighted by molar-refractivity contribution is -0.0687. The van der Waals surface area contributed by atoms with Crippen LogP contribution in [-0.4, -0.2) is 36.7 Å². The number of aliphatic hydroxyl groups excluding tert-OH is 1. The lowest BCUT2D eigenvalue weighted by Crippen LogP contribution is -2.27. The summed E-state index contributed by atoms with van der Waals surface area (Å²) in [4.78, 5) is 11.5. The number of hydrogen-bond donors (Lipinski definition) is 1. The van der Waals surface area contributed by atoms with Gasteiger partial charge in [-0.25, -0.2) is 4.79 Å². The van der Waals surface area contributed by atoms with E-state index < -0.39 is 12.3 Å². The van der Waals surface area contributed by atoms with Crippen molar-refractivity contribution in [2.75, 3.05) is 13.2 Å². The molecule has 3 rings (SSSR count). The summed E-state index contributed by atoms with van der Waals surface area (Å²) in [5.41, 5.74) is 1.25. The molecule has 2 heterocycles. The highest BCUT2D eigenvalue weighted by Crippen LogP contribution is 2.25. The summed E-state index contributed by atoms with van der Waals surface area (Å²) in [6.45, 7) is 1.32. The van der Waals surface area contributed by atoms with Gasteiger partial charge < -0.3 is 19.3 Å². The molecule has 2 atom stereocenters. The van der Waals surface area contributed by atoms with Crippen LogP contribution >= 0.6 is 0 Å². The van der Waals surface area contributed by atoms with E-state index in [2.05, 4.69) is 0 Å². The molecule has 1 saturated heterocycles. The minimum atomic E-state index is -1.06. The summed E-state index contributed by atoms with van der Waals surface area (Å²) in [5.74, 6) is 0.204. The molecule has 0 spiro atoms. The molecular formula is C14H16O5. The summed E-state index contributed by atoms with van der Waals surface area (Å²) in [6.07, 6.45) is 1.50. The fourth-order valence-corrected chi connectivity index (χ4v) is 2.41. The maximum atomic E-state index is 11.5. The first kappa shape index (κ1) is 12.4. The second-order valence-electron chi connectivity index (χ2n) is 4.83. The molecule has 2 aliphatic rings. The zero-order chi connectivity index (χ0) is 13.2. The Labute approximate surface area is 111 Å². The first-order valence-electron chi connectivity index (χ1n) is 6.49. The van der Waals surface area contributed by atoms with Crippen molar-refractivity contribution >= 4 is 5.97 Å². The molecule has 0 aromatic heterocycles. The van der Waals surface area contributed by atoms with Crippen molar-refractivity contribution in [2.24, 2.45) is 0 Å². The molecule has 5 heteroatoms. The fourth-order valence-electron chi connectivity index (χ4n) is 2.41. The van der Waals surface area contributed by atoms with Gasteiger partial charge in [-0.3, -0.25) is 0 Å². The fraction of sp³-hybridized carbons (Fsp3) is 0.500. The van der Waals surface area contributed by atoms with Crippen LogP contribution < -0.4 is 4.74 Å². The van der Waals surface area contributed by atoms with Gasteiger partial charge in [-0.2, -0.15) is 0 Å². The standard InChI is InChI=1S/C14H16O5/c15-13-7-9-6-10(3-4-12(9)14(16)19-13)18-8-11-2-1-5-17-11/h3-4,6,11,13,15H,1-2,5,7-8H2. The minimum absolute atomic E-state index is 0.159. The van der Waals surface area contributed by atoms with Crippen LogP contribution in [0.5, 0.6) is 5.75 Å². The van der Waals surface area contributed by atoms with Gasteiger partial charge in [-0.1, -0.05) is 0 Å². The number of aliphatic hydroxyl groups is 1. The number of benzene rings is 1. The topological polar surface area (TPSA) is 65.0 Å². The molecule has 1 aromatic rings. The van der Waals surface area contributed by atoms with Gasteiger partial charge in [-0.15, -0.1) is 0 Å². The van der Waals surface area contributed by atoms with Crippen molar-refractivity contribution in [1.29, 1.82) is 0 Å². The van der Waals surface area contributed by atoms with Crippen LogP contribution in [0.25, 0.3) is 0 Å². The molecule has 1 fully saturated rings. The molecule has 0 bridgehead atoms. The van der Waals surface area contributed by atoms with E-state index in [0.717, 1.165) is 25.0 Å². The second kappa shape index (κ2) is 5.19. The summed E-state index contributed by atoms with van der Waals surface area (Å²) in [7, 11) is 0. The third-order valence-corrected chi connectivity index (χ3v) is 3.39. The van der Waals surface area contributed by atoms with Crippen molar-refractivity contribution < 1.29 is 24.1 Å². The van der Waals surface area contributed by atoms with E-state index in [1.54, 1.807) is 18.2 Å². The molecule has 0 saturated carbocycles. The van der Waals surface area contributed by atoms with Crippen LogP contribution in [0.2, 0.25) is 0 Å². The van der Waals surface area contributed by atoms with Gasteiger partial charge >= 0.3 is 5.97 Å². The molecule has 1 N–H and O–H groups in total. The molecule has 19 heavy (non-hydrogen) atoms. The Morgan fingerprint density at radius 3 is 3.11 bits per heavy atom. The molecule has 2 aliphatic heterocycles. The number of hydrogen-bond acceptors (Lipinski definition) is 5. The highest BCUT2D eigenvalue weighted by molar-refractivity contribution is 5.92. The molecule has 0 radical (unpaired) electrons. The maximum Gasteiger partial charge on any atom is 0.340 e. The smallest absolute Gasteiger partial charge is 0.340 e. The zero-order valence-corrected chi connectivity index (χ0v) is 10.5. The number of ether oxygens (including phenoxy) is 3. The Hall–Kier alpha value is -1.59. The van der Waals surface area contributed by atoms with E-state index >= 15 is 0 Å². The molecule has 102 valence electrons. The predicted molar refractivity (Wildman–Crippen MR) is 66.0 cm³/mol. The Bertz CT molecular complexity index is 479. The average Bonchev–Trinajstić information content (AvgIpc) is 2.88. The summed E-state index contributed by atoms with van der Waals surface area (Å²) < 4.78 is 15.9. The van der Waals surface area contributed by atoms with Gasteiger partial charge in [0.15, 0.2) is 0 Å². The van der Waals surface area contributed by atoms with Gasteiger partial charge in [0.2, 0.25) is 6.29 Å². The monoisotopic (exact) mass is 264 g/mol. The van der Waals surface area contributed by atoms with E-state index in [1.165, 1.54) is 0 Å². The van der Waals surface area contributed by atoms with Crippen molar-refractivity contribution in [3.8, 4) is 5.75 Å². The number of carbonyl (C=O) groups is 1. The summed E-state index contributed by atoms with van der Waals surface area (Å²) in [5, 5.41) is 9.42. The Kier molecular flexibility index (Phi) is 3.40. The summed E-state index contributed by atoms with van der Waals surface area (Å²) in [6, 6.07) is 5.20. The molecule has 2 unspecified atom stereocenters. The van der Waals surface area contributed by atoms with Crippen LogP contribution in [0.1, 0.15) is 28.8 Å². The van der Waals surface area contributed by atoms with Gasteiger partial charge in [0, 0.05) is 13.0 Å². The van der Waals surface area contributed by atoms with E-state index in [4.69, 9.17) is 14.2 Å². The second-order valence-corrected chi connectivity index (χ2v) is 4.83. The van der Waals surface area contributed by atoms with Gasteiger partial charge in [0.25, 0.3) is 0 Å². The van der Waals surface area contributed by atoms with E-state index in [1.807, 2.05) is 0 Å². The third kappa shape index (κ3) is 2.72. The van der Waals surface area contributed by atoms with Gasteiger partial charge in [0.05, 0.1) is 11.7 Å². The van der Waals surface area contributed by atoms with Crippen LogP contribution in [0.15, 0.2) is 18.2 Å².